The monoisotopic (exact) mass is 207 g/mol. The van der Waals surface area contributed by atoms with Crippen molar-refractivity contribution in [3.05, 3.63) is 18.0 Å². The van der Waals surface area contributed by atoms with Crippen LogP contribution in [0.4, 0.5) is 0 Å². The SMILES string of the molecule is CC1CCCC(CNCc2ccn[nH]2)C1. The molecule has 0 aromatic carbocycles. The smallest absolute Gasteiger partial charge is 0.0490 e. The molecule has 2 atom stereocenters. The maximum Gasteiger partial charge on any atom is 0.0490 e. The fourth-order valence-electron chi connectivity index (χ4n) is 2.54. The Hall–Kier alpha value is -0.830. The molecule has 0 spiro atoms. The molecule has 1 aliphatic rings. The van der Waals surface area contributed by atoms with E-state index in [1.54, 1.807) is 6.20 Å². The minimum Gasteiger partial charge on any atom is -0.311 e. The van der Waals surface area contributed by atoms with Crippen molar-refractivity contribution < 1.29 is 0 Å². The van der Waals surface area contributed by atoms with Gasteiger partial charge in [-0.3, -0.25) is 5.10 Å². The average Bonchev–Trinajstić information content (AvgIpc) is 2.71. The van der Waals surface area contributed by atoms with Gasteiger partial charge in [0.15, 0.2) is 0 Å². The Bertz CT molecular complexity index is 268. The lowest BCUT2D eigenvalue weighted by atomic mass is 9.82. The Balaban J connectivity index is 1.65. The van der Waals surface area contributed by atoms with Crippen molar-refractivity contribution in [1.82, 2.24) is 15.5 Å². The third-order valence-corrected chi connectivity index (χ3v) is 3.35. The number of rotatable bonds is 4. The lowest BCUT2D eigenvalue weighted by Gasteiger charge is -2.26. The van der Waals surface area contributed by atoms with Gasteiger partial charge in [-0.2, -0.15) is 5.10 Å². The zero-order valence-electron chi connectivity index (χ0n) is 9.50. The first-order valence-corrected chi connectivity index (χ1v) is 6.03. The van der Waals surface area contributed by atoms with E-state index in [2.05, 4.69) is 22.4 Å². The zero-order chi connectivity index (χ0) is 10.5. The topological polar surface area (TPSA) is 40.7 Å². The van der Waals surface area contributed by atoms with E-state index < -0.39 is 0 Å². The fourth-order valence-corrected chi connectivity index (χ4v) is 2.54. The predicted molar refractivity (Wildman–Crippen MR) is 61.4 cm³/mol. The lowest BCUT2D eigenvalue weighted by molar-refractivity contribution is 0.274. The van der Waals surface area contributed by atoms with E-state index >= 15 is 0 Å². The number of hydrogen-bond acceptors (Lipinski definition) is 2. The Morgan fingerprint density at radius 3 is 3.20 bits per heavy atom. The summed E-state index contributed by atoms with van der Waals surface area (Å²) in [6.45, 7) is 4.45. The molecular weight excluding hydrogens is 186 g/mol. The van der Waals surface area contributed by atoms with Crippen LogP contribution in [-0.2, 0) is 6.54 Å². The summed E-state index contributed by atoms with van der Waals surface area (Å²) in [5.74, 6) is 1.81. The second-order valence-corrected chi connectivity index (χ2v) is 4.85. The van der Waals surface area contributed by atoms with Gasteiger partial charge in [0.05, 0.1) is 0 Å². The van der Waals surface area contributed by atoms with E-state index in [0.717, 1.165) is 24.9 Å². The highest BCUT2D eigenvalue weighted by Gasteiger charge is 2.18. The molecule has 0 aliphatic heterocycles. The normalized spacial score (nSPS) is 26.7. The van der Waals surface area contributed by atoms with Crippen molar-refractivity contribution in [1.29, 1.82) is 0 Å². The molecule has 1 aromatic rings. The molecule has 2 rings (SSSR count). The molecule has 1 aromatic heterocycles. The highest BCUT2D eigenvalue weighted by molar-refractivity contribution is 4.96. The largest absolute Gasteiger partial charge is 0.311 e. The molecule has 1 fully saturated rings. The van der Waals surface area contributed by atoms with E-state index in [4.69, 9.17) is 0 Å². The first kappa shape index (κ1) is 10.7. The minimum atomic E-state index is 0.886. The summed E-state index contributed by atoms with van der Waals surface area (Å²) in [6.07, 6.45) is 7.45. The predicted octanol–water partition coefficient (Wildman–Crippen LogP) is 2.33. The molecule has 1 aliphatic carbocycles. The van der Waals surface area contributed by atoms with E-state index in [1.807, 2.05) is 6.07 Å². The van der Waals surface area contributed by atoms with Gasteiger partial charge in [-0.25, -0.2) is 0 Å². The molecule has 2 unspecified atom stereocenters. The van der Waals surface area contributed by atoms with Gasteiger partial charge in [0, 0.05) is 18.4 Å². The van der Waals surface area contributed by atoms with Crippen LogP contribution in [0, 0.1) is 11.8 Å². The summed E-state index contributed by atoms with van der Waals surface area (Å²) in [7, 11) is 0. The van der Waals surface area contributed by atoms with E-state index in [0.29, 0.717) is 0 Å². The van der Waals surface area contributed by atoms with Crippen LogP contribution in [-0.4, -0.2) is 16.7 Å². The maximum absolute atomic E-state index is 3.93. The fraction of sp³-hybridized carbons (Fsp3) is 0.750. The van der Waals surface area contributed by atoms with Crippen molar-refractivity contribution >= 4 is 0 Å². The standard InChI is InChI=1S/C12H21N3/c1-10-3-2-4-11(7-10)8-13-9-12-5-6-14-15-12/h5-6,10-11,13H,2-4,7-9H2,1H3,(H,14,15). The van der Waals surface area contributed by atoms with Crippen LogP contribution < -0.4 is 5.32 Å². The highest BCUT2D eigenvalue weighted by Crippen LogP contribution is 2.27. The van der Waals surface area contributed by atoms with Crippen LogP contribution in [0.2, 0.25) is 0 Å². The molecule has 0 amide bonds. The van der Waals surface area contributed by atoms with Crippen LogP contribution in [0.3, 0.4) is 0 Å². The Morgan fingerprint density at radius 2 is 2.47 bits per heavy atom. The van der Waals surface area contributed by atoms with E-state index in [9.17, 15) is 0 Å². The highest BCUT2D eigenvalue weighted by atomic mass is 15.1. The summed E-state index contributed by atoms with van der Waals surface area (Å²) in [6, 6.07) is 2.02. The Morgan fingerprint density at radius 1 is 1.53 bits per heavy atom. The molecule has 0 saturated heterocycles. The molecular formula is C12H21N3. The van der Waals surface area contributed by atoms with Gasteiger partial charge in [-0.05, 0) is 37.3 Å². The quantitative estimate of drug-likeness (QED) is 0.795. The van der Waals surface area contributed by atoms with Crippen LogP contribution in [0.1, 0.15) is 38.3 Å². The van der Waals surface area contributed by atoms with Crippen LogP contribution >= 0.6 is 0 Å². The first-order valence-electron chi connectivity index (χ1n) is 6.03. The van der Waals surface area contributed by atoms with E-state index in [-0.39, 0.29) is 0 Å². The molecule has 0 radical (unpaired) electrons. The Kier molecular flexibility index (Phi) is 3.78. The number of nitrogens with one attached hydrogen (secondary N) is 2. The minimum absolute atomic E-state index is 0.886. The molecule has 3 nitrogen and oxygen atoms in total. The van der Waals surface area contributed by atoms with Gasteiger partial charge in [-0.15, -0.1) is 0 Å². The molecule has 1 heterocycles. The summed E-state index contributed by atoms with van der Waals surface area (Å²) in [5.41, 5.74) is 1.18. The summed E-state index contributed by atoms with van der Waals surface area (Å²) < 4.78 is 0. The van der Waals surface area contributed by atoms with Gasteiger partial charge < -0.3 is 5.32 Å². The van der Waals surface area contributed by atoms with Crippen molar-refractivity contribution in [3.8, 4) is 0 Å². The van der Waals surface area contributed by atoms with Crippen LogP contribution in [0.25, 0.3) is 0 Å². The second kappa shape index (κ2) is 5.31. The van der Waals surface area contributed by atoms with Gasteiger partial charge in [0.1, 0.15) is 0 Å². The summed E-state index contributed by atoms with van der Waals surface area (Å²) in [5, 5.41) is 10.4. The Labute approximate surface area is 91.7 Å². The number of nitrogens with zero attached hydrogens (tertiary/aromatic N) is 1. The second-order valence-electron chi connectivity index (χ2n) is 4.85. The number of H-pyrrole nitrogens is 1. The van der Waals surface area contributed by atoms with Crippen molar-refractivity contribution in [2.75, 3.05) is 6.54 Å². The third-order valence-electron chi connectivity index (χ3n) is 3.35. The van der Waals surface area contributed by atoms with Crippen molar-refractivity contribution in [2.45, 2.75) is 39.2 Å². The van der Waals surface area contributed by atoms with Crippen LogP contribution in [0.5, 0.6) is 0 Å². The number of hydrogen-bond donors (Lipinski definition) is 2. The molecule has 84 valence electrons. The van der Waals surface area contributed by atoms with Gasteiger partial charge in [0.2, 0.25) is 0 Å². The van der Waals surface area contributed by atoms with Gasteiger partial charge in [0.25, 0.3) is 0 Å². The van der Waals surface area contributed by atoms with Crippen molar-refractivity contribution in [2.24, 2.45) is 11.8 Å². The van der Waals surface area contributed by atoms with E-state index in [1.165, 1.54) is 31.4 Å². The van der Waals surface area contributed by atoms with Gasteiger partial charge >= 0.3 is 0 Å². The van der Waals surface area contributed by atoms with Crippen LogP contribution in [0.15, 0.2) is 12.3 Å². The zero-order valence-corrected chi connectivity index (χ0v) is 9.50. The maximum atomic E-state index is 3.93. The lowest BCUT2D eigenvalue weighted by Crippen LogP contribution is -2.26. The molecule has 3 heteroatoms. The molecule has 2 N–H and O–H groups in total. The average molecular weight is 207 g/mol. The molecule has 15 heavy (non-hydrogen) atoms. The molecule has 1 saturated carbocycles. The number of aromatic amines is 1. The summed E-state index contributed by atoms with van der Waals surface area (Å²) >= 11 is 0. The number of aromatic nitrogens is 2. The van der Waals surface area contributed by atoms with Gasteiger partial charge in [-0.1, -0.05) is 19.8 Å². The third kappa shape index (κ3) is 3.34. The molecule has 0 bridgehead atoms. The summed E-state index contributed by atoms with van der Waals surface area (Å²) in [4.78, 5) is 0. The van der Waals surface area contributed by atoms with Crippen molar-refractivity contribution in [3.63, 3.8) is 0 Å². The first-order chi connectivity index (χ1) is 7.34.